The number of thiocarbonyl (C=S) groups is 1. The summed E-state index contributed by atoms with van der Waals surface area (Å²) in [5.74, 6) is 0. The molecular weight excluding hydrogens is 312 g/mol. The Kier molecular flexibility index (Phi) is 4.97. The van der Waals surface area contributed by atoms with Gasteiger partial charge < -0.3 is 15.4 Å². The zero-order valence-electron chi connectivity index (χ0n) is 10.3. The van der Waals surface area contributed by atoms with Crippen molar-refractivity contribution < 1.29 is 4.74 Å². The Morgan fingerprint density at radius 1 is 1.56 bits per heavy atom. The van der Waals surface area contributed by atoms with Gasteiger partial charge in [0.15, 0.2) is 5.11 Å². The molecule has 0 bridgehead atoms. The average Bonchev–Trinajstić information content (AvgIpc) is 2.84. The summed E-state index contributed by atoms with van der Waals surface area (Å²) >= 11 is 8.74. The van der Waals surface area contributed by atoms with Gasteiger partial charge in [0.25, 0.3) is 0 Å². The third kappa shape index (κ3) is 3.93. The molecule has 1 heterocycles. The Morgan fingerprint density at radius 2 is 2.39 bits per heavy atom. The summed E-state index contributed by atoms with van der Waals surface area (Å²) in [5.41, 5.74) is 2.18. The normalized spacial score (nSPS) is 18.7. The van der Waals surface area contributed by atoms with Gasteiger partial charge in [-0.05, 0) is 55.7 Å². The van der Waals surface area contributed by atoms with Crippen molar-refractivity contribution in [2.45, 2.75) is 25.9 Å². The lowest BCUT2D eigenvalue weighted by molar-refractivity contribution is 0.114. The maximum atomic E-state index is 5.53. The molecule has 3 nitrogen and oxygen atoms in total. The molecule has 0 unspecified atom stereocenters. The summed E-state index contributed by atoms with van der Waals surface area (Å²) in [4.78, 5) is 0. The first-order valence-corrected chi connectivity index (χ1v) is 7.28. The van der Waals surface area contributed by atoms with Crippen molar-refractivity contribution in [2.24, 2.45) is 0 Å². The van der Waals surface area contributed by atoms with Gasteiger partial charge in [0.05, 0.1) is 6.10 Å². The molecule has 2 rings (SSSR count). The van der Waals surface area contributed by atoms with Crippen LogP contribution in [0.3, 0.4) is 0 Å². The van der Waals surface area contributed by atoms with Crippen molar-refractivity contribution in [2.75, 3.05) is 18.5 Å². The van der Waals surface area contributed by atoms with Crippen LogP contribution in [0.2, 0.25) is 0 Å². The summed E-state index contributed by atoms with van der Waals surface area (Å²) in [6, 6.07) is 6.07. The maximum Gasteiger partial charge on any atom is 0.170 e. The van der Waals surface area contributed by atoms with E-state index in [2.05, 4.69) is 39.6 Å². The van der Waals surface area contributed by atoms with Crippen LogP contribution < -0.4 is 10.6 Å². The third-order valence-electron chi connectivity index (χ3n) is 2.93. The summed E-state index contributed by atoms with van der Waals surface area (Å²) in [7, 11) is 0. The molecule has 0 spiro atoms. The van der Waals surface area contributed by atoms with Gasteiger partial charge >= 0.3 is 0 Å². The first-order valence-electron chi connectivity index (χ1n) is 6.08. The fourth-order valence-electron chi connectivity index (χ4n) is 1.91. The smallest absolute Gasteiger partial charge is 0.170 e. The van der Waals surface area contributed by atoms with Gasteiger partial charge in [0.1, 0.15) is 0 Å². The van der Waals surface area contributed by atoms with Gasteiger partial charge in [-0.15, -0.1) is 0 Å². The summed E-state index contributed by atoms with van der Waals surface area (Å²) in [6.45, 7) is 3.71. The van der Waals surface area contributed by atoms with E-state index in [1.54, 1.807) is 0 Å². The van der Waals surface area contributed by atoms with E-state index in [4.69, 9.17) is 17.0 Å². The lowest BCUT2D eigenvalue weighted by atomic mass is 10.2. The van der Waals surface area contributed by atoms with Crippen molar-refractivity contribution in [1.82, 2.24) is 5.32 Å². The largest absolute Gasteiger partial charge is 0.376 e. The minimum absolute atomic E-state index is 0.302. The molecular formula is C13H17BrN2OS. The fourth-order valence-corrected chi connectivity index (χ4v) is 2.36. The molecule has 1 aliphatic rings. The number of nitrogens with one attached hydrogen (secondary N) is 2. The van der Waals surface area contributed by atoms with Crippen LogP contribution in [-0.4, -0.2) is 24.4 Å². The van der Waals surface area contributed by atoms with Gasteiger partial charge in [-0.2, -0.15) is 0 Å². The van der Waals surface area contributed by atoms with E-state index in [-0.39, 0.29) is 0 Å². The van der Waals surface area contributed by atoms with Gasteiger partial charge in [-0.1, -0.05) is 15.9 Å². The predicted molar refractivity (Wildman–Crippen MR) is 82.1 cm³/mol. The van der Waals surface area contributed by atoms with E-state index in [0.717, 1.165) is 36.2 Å². The van der Waals surface area contributed by atoms with Crippen molar-refractivity contribution in [1.29, 1.82) is 0 Å². The number of benzene rings is 1. The number of hydrogen-bond acceptors (Lipinski definition) is 2. The SMILES string of the molecule is Cc1cc(NC(=S)NC[C@H]2CCCO2)ccc1Br. The lowest BCUT2D eigenvalue weighted by Crippen LogP contribution is -2.34. The zero-order valence-corrected chi connectivity index (χ0v) is 12.7. The molecule has 5 heteroatoms. The van der Waals surface area contributed by atoms with Crippen molar-refractivity contribution in [3.05, 3.63) is 28.2 Å². The molecule has 1 saturated heterocycles. The van der Waals surface area contributed by atoms with E-state index in [1.165, 1.54) is 5.56 Å². The highest BCUT2D eigenvalue weighted by molar-refractivity contribution is 9.10. The first-order chi connectivity index (χ1) is 8.65. The number of anilines is 1. The van der Waals surface area contributed by atoms with E-state index in [9.17, 15) is 0 Å². The van der Waals surface area contributed by atoms with Crippen LogP contribution in [0.15, 0.2) is 22.7 Å². The predicted octanol–water partition coefficient (Wildman–Crippen LogP) is 3.22. The standard InChI is InChI=1S/C13H17BrN2OS/c1-9-7-10(4-5-12(9)14)16-13(18)15-8-11-3-2-6-17-11/h4-5,7,11H,2-3,6,8H2,1H3,(H2,15,16,18)/t11-/m1/s1. The fraction of sp³-hybridized carbons (Fsp3) is 0.462. The third-order valence-corrected chi connectivity index (χ3v) is 4.07. The number of aryl methyl sites for hydroxylation is 1. The number of ether oxygens (including phenoxy) is 1. The van der Waals surface area contributed by atoms with Crippen LogP contribution in [0.25, 0.3) is 0 Å². The first kappa shape index (κ1) is 13.8. The number of halogens is 1. The molecule has 98 valence electrons. The minimum Gasteiger partial charge on any atom is -0.376 e. The van der Waals surface area contributed by atoms with E-state index in [0.29, 0.717) is 11.2 Å². The van der Waals surface area contributed by atoms with Crippen LogP contribution >= 0.6 is 28.1 Å². The number of hydrogen-bond donors (Lipinski definition) is 2. The molecule has 0 aromatic heterocycles. The molecule has 1 atom stereocenters. The van der Waals surface area contributed by atoms with Crippen molar-refractivity contribution >= 4 is 38.9 Å². The summed E-state index contributed by atoms with van der Waals surface area (Å²) in [6.07, 6.45) is 2.57. The van der Waals surface area contributed by atoms with E-state index >= 15 is 0 Å². The van der Waals surface area contributed by atoms with Crippen LogP contribution in [0, 0.1) is 6.92 Å². The molecule has 1 aromatic carbocycles. The molecule has 1 aromatic rings. The molecule has 18 heavy (non-hydrogen) atoms. The van der Waals surface area contributed by atoms with Crippen LogP contribution in [0.1, 0.15) is 18.4 Å². The second-order valence-corrected chi connectivity index (χ2v) is 5.70. The molecule has 1 aliphatic heterocycles. The molecule has 2 N–H and O–H groups in total. The average molecular weight is 329 g/mol. The van der Waals surface area contributed by atoms with Crippen LogP contribution in [-0.2, 0) is 4.74 Å². The monoisotopic (exact) mass is 328 g/mol. The topological polar surface area (TPSA) is 33.3 Å². The van der Waals surface area contributed by atoms with Gasteiger partial charge in [-0.3, -0.25) is 0 Å². The second-order valence-electron chi connectivity index (χ2n) is 4.43. The molecule has 0 aliphatic carbocycles. The Morgan fingerprint density at radius 3 is 3.06 bits per heavy atom. The van der Waals surface area contributed by atoms with E-state index in [1.807, 2.05) is 12.1 Å². The minimum atomic E-state index is 0.302. The lowest BCUT2D eigenvalue weighted by Gasteiger charge is -2.14. The molecule has 0 radical (unpaired) electrons. The van der Waals surface area contributed by atoms with Crippen LogP contribution in [0.5, 0.6) is 0 Å². The summed E-state index contributed by atoms with van der Waals surface area (Å²) in [5, 5.41) is 7.01. The van der Waals surface area contributed by atoms with Crippen LogP contribution in [0.4, 0.5) is 5.69 Å². The van der Waals surface area contributed by atoms with Crippen molar-refractivity contribution in [3.63, 3.8) is 0 Å². The zero-order chi connectivity index (χ0) is 13.0. The molecule has 0 saturated carbocycles. The molecule has 1 fully saturated rings. The van der Waals surface area contributed by atoms with Crippen molar-refractivity contribution in [3.8, 4) is 0 Å². The highest BCUT2D eigenvalue weighted by Crippen LogP contribution is 2.19. The molecule has 0 amide bonds. The Balaban J connectivity index is 1.80. The van der Waals surface area contributed by atoms with Gasteiger partial charge in [0.2, 0.25) is 0 Å². The quantitative estimate of drug-likeness (QED) is 0.835. The second kappa shape index (κ2) is 6.50. The summed E-state index contributed by atoms with van der Waals surface area (Å²) < 4.78 is 6.64. The Labute approximate surface area is 121 Å². The Bertz CT molecular complexity index is 433. The highest BCUT2D eigenvalue weighted by atomic mass is 79.9. The highest BCUT2D eigenvalue weighted by Gasteiger charge is 2.15. The number of rotatable bonds is 3. The van der Waals surface area contributed by atoms with Gasteiger partial charge in [-0.25, -0.2) is 0 Å². The maximum absolute atomic E-state index is 5.53. The Hall–Kier alpha value is -0.650. The van der Waals surface area contributed by atoms with E-state index < -0.39 is 0 Å². The van der Waals surface area contributed by atoms with Gasteiger partial charge in [0, 0.05) is 23.3 Å².